The van der Waals surface area contributed by atoms with Gasteiger partial charge in [-0.25, -0.2) is 14.5 Å². The summed E-state index contributed by atoms with van der Waals surface area (Å²) in [5, 5.41) is 7.91. The van der Waals surface area contributed by atoms with Crippen molar-refractivity contribution < 1.29 is 19.0 Å². The van der Waals surface area contributed by atoms with Crippen molar-refractivity contribution >= 4 is 34.0 Å². The van der Waals surface area contributed by atoms with Crippen LogP contribution in [0.3, 0.4) is 0 Å². The molecule has 0 radical (unpaired) electrons. The summed E-state index contributed by atoms with van der Waals surface area (Å²) in [5.41, 5.74) is 5.84. The Labute approximate surface area is 267 Å². The summed E-state index contributed by atoms with van der Waals surface area (Å²) in [6.07, 6.45) is 9.01. The van der Waals surface area contributed by atoms with E-state index in [9.17, 15) is 4.79 Å². The first kappa shape index (κ1) is 29.9. The number of methoxy groups -OCH3 is 2. The van der Waals surface area contributed by atoms with E-state index in [1.165, 1.54) is 0 Å². The molecule has 5 heterocycles. The van der Waals surface area contributed by atoms with Crippen molar-refractivity contribution in [3.05, 3.63) is 84.6 Å². The first-order valence-electron chi connectivity index (χ1n) is 15.4. The Bertz CT molecular complexity index is 1900. The average Bonchev–Trinajstić information content (AvgIpc) is 3.75. The predicted octanol–water partition coefficient (Wildman–Crippen LogP) is 4.29. The van der Waals surface area contributed by atoms with E-state index < -0.39 is 0 Å². The smallest absolute Gasteiger partial charge is 0.246 e. The molecule has 3 aromatic heterocycles. The highest BCUT2D eigenvalue weighted by atomic mass is 16.5. The summed E-state index contributed by atoms with van der Waals surface area (Å²) in [6, 6.07) is 14.0. The van der Waals surface area contributed by atoms with E-state index in [-0.39, 0.29) is 24.0 Å². The quantitative estimate of drug-likeness (QED) is 0.228. The average molecular weight is 623 g/mol. The van der Waals surface area contributed by atoms with Gasteiger partial charge in [0.05, 0.1) is 29.6 Å². The lowest BCUT2D eigenvalue weighted by Gasteiger charge is -2.38. The first-order valence-corrected chi connectivity index (χ1v) is 15.4. The molecule has 2 aliphatic heterocycles. The number of benzene rings is 2. The number of nitrogens with zero attached hydrogens (tertiary/aromatic N) is 7. The van der Waals surface area contributed by atoms with Crippen LogP contribution >= 0.6 is 0 Å². The molecule has 1 N–H and O–H groups in total. The standard InChI is InChI=1S/C34H38N8O4/c1-22-14-24(7-10-29(22)46-25-8-9-28-27(15-25)36-21-39(28)2)38-34-33-26(11-13-42(33)37-20-35-34)23-16-41(17-23)32(43)6-5-12-40-18-30(44-3)31(19-40)45-4/h5-11,13-15,20-21,23,30-31H,12,16-19H2,1-4H3,(H,35,37,38)/b6-5+/t30-,31-/m1/s1. The number of rotatable bonds is 10. The highest BCUT2D eigenvalue weighted by molar-refractivity contribution is 5.89. The molecule has 7 rings (SSSR count). The minimum Gasteiger partial charge on any atom is -0.457 e. The molecule has 0 unspecified atom stereocenters. The zero-order valence-electron chi connectivity index (χ0n) is 26.5. The van der Waals surface area contributed by atoms with E-state index in [4.69, 9.17) is 14.2 Å². The van der Waals surface area contributed by atoms with Crippen molar-refractivity contribution in [3.8, 4) is 11.5 Å². The number of hydrogen-bond acceptors (Lipinski definition) is 9. The highest BCUT2D eigenvalue weighted by Gasteiger charge is 2.34. The molecule has 2 aliphatic rings. The first-order chi connectivity index (χ1) is 22.4. The van der Waals surface area contributed by atoms with Gasteiger partial charge in [-0.3, -0.25) is 9.69 Å². The Morgan fingerprint density at radius 3 is 2.59 bits per heavy atom. The number of amides is 1. The molecule has 12 nitrogen and oxygen atoms in total. The molecule has 0 saturated carbocycles. The Hall–Kier alpha value is -4.78. The molecule has 2 atom stereocenters. The molecule has 46 heavy (non-hydrogen) atoms. The number of nitrogens with one attached hydrogen (secondary N) is 1. The molecular formula is C34H38N8O4. The molecule has 0 aliphatic carbocycles. The van der Waals surface area contributed by atoms with E-state index in [0.717, 1.165) is 58.0 Å². The number of hydrogen-bond donors (Lipinski definition) is 1. The van der Waals surface area contributed by atoms with E-state index in [0.29, 0.717) is 25.5 Å². The van der Waals surface area contributed by atoms with Gasteiger partial charge in [-0.05, 0) is 54.4 Å². The van der Waals surface area contributed by atoms with Crippen molar-refractivity contribution in [2.24, 2.45) is 7.05 Å². The maximum Gasteiger partial charge on any atom is 0.246 e. The number of imidazole rings is 1. The van der Waals surface area contributed by atoms with Crippen LogP contribution in [-0.4, -0.2) is 99.0 Å². The molecule has 2 saturated heterocycles. The number of carbonyl (C=O) groups excluding carboxylic acids is 1. The second-order valence-corrected chi connectivity index (χ2v) is 12.0. The van der Waals surface area contributed by atoms with Gasteiger partial charge in [0.2, 0.25) is 5.91 Å². The molecular weight excluding hydrogens is 584 g/mol. The van der Waals surface area contributed by atoms with Gasteiger partial charge in [-0.15, -0.1) is 0 Å². The summed E-state index contributed by atoms with van der Waals surface area (Å²) in [7, 11) is 5.39. The molecule has 2 aromatic carbocycles. The van der Waals surface area contributed by atoms with Gasteiger partial charge in [0.15, 0.2) is 5.82 Å². The zero-order valence-corrected chi connectivity index (χ0v) is 26.5. The number of likely N-dealkylation sites (tertiary alicyclic amines) is 2. The SMILES string of the molecule is CO[C@@H]1CN(C/C=C/C(=O)N2CC(c3ccn4ncnc(Nc5ccc(Oc6ccc7c(c6)ncn7C)c(C)c5)c34)C2)C[C@H]1OC. The lowest BCUT2D eigenvalue weighted by atomic mass is 9.92. The van der Waals surface area contributed by atoms with E-state index in [1.807, 2.05) is 76.6 Å². The van der Waals surface area contributed by atoms with Crippen LogP contribution in [-0.2, 0) is 21.3 Å². The zero-order chi connectivity index (χ0) is 31.8. The highest BCUT2D eigenvalue weighted by Crippen LogP contribution is 2.35. The molecule has 0 spiro atoms. The van der Waals surface area contributed by atoms with Crippen LogP contribution in [0, 0.1) is 6.92 Å². The summed E-state index contributed by atoms with van der Waals surface area (Å²) in [4.78, 5) is 26.0. The number of carbonyl (C=O) groups is 1. The normalized spacial score (nSPS) is 19.0. The van der Waals surface area contributed by atoms with E-state index in [2.05, 4.69) is 31.3 Å². The van der Waals surface area contributed by atoms with Crippen LogP contribution in [0.15, 0.2) is 73.5 Å². The van der Waals surface area contributed by atoms with Crippen LogP contribution in [0.25, 0.3) is 16.6 Å². The maximum atomic E-state index is 12.9. The summed E-state index contributed by atoms with van der Waals surface area (Å²) in [5.74, 6) is 2.44. The fourth-order valence-electron chi connectivity index (χ4n) is 6.37. The topological polar surface area (TPSA) is 111 Å². The van der Waals surface area contributed by atoms with Crippen LogP contribution in [0.5, 0.6) is 11.5 Å². The van der Waals surface area contributed by atoms with Crippen molar-refractivity contribution in [2.75, 3.05) is 52.3 Å². The van der Waals surface area contributed by atoms with Crippen molar-refractivity contribution in [3.63, 3.8) is 0 Å². The van der Waals surface area contributed by atoms with Gasteiger partial charge in [-0.2, -0.15) is 5.10 Å². The molecule has 12 heteroatoms. The maximum absolute atomic E-state index is 12.9. The Morgan fingerprint density at radius 1 is 1.02 bits per heavy atom. The summed E-state index contributed by atoms with van der Waals surface area (Å²) < 4.78 is 21.0. The lowest BCUT2D eigenvalue weighted by molar-refractivity contribution is -0.130. The Balaban J connectivity index is 0.990. The molecule has 0 bridgehead atoms. The minimum atomic E-state index is 0.0258. The monoisotopic (exact) mass is 622 g/mol. The number of aromatic nitrogens is 5. The van der Waals surface area contributed by atoms with Crippen molar-refractivity contribution in [1.29, 1.82) is 0 Å². The second kappa shape index (κ2) is 12.5. The fraction of sp³-hybridized carbons (Fsp3) is 0.353. The molecule has 238 valence electrons. The third-order valence-electron chi connectivity index (χ3n) is 9.00. The van der Waals surface area contributed by atoms with Gasteiger partial charge in [0.25, 0.3) is 0 Å². The molecule has 5 aromatic rings. The largest absolute Gasteiger partial charge is 0.457 e. The van der Waals surface area contributed by atoms with Gasteiger partial charge < -0.3 is 29.0 Å². The van der Waals surface area contributed by atoms with Crippen LogP contribution in [0.4, 0.5) is 11.5 Å². The number of ether oxygens (including phenoxy) is 3. The van der Waals surface area contributed by atoms with E-state index >= 15 is 0 Å². The minimum absolute atomic E-state index is 0.0258. The number of aryl methyl sites for hydroxylation is 2. The van der Waals surface area contributed by atoms with Crippen LogP contribution in [0.2, 0.25) is 0 Å². The van der Waals surface area contributed by atoms with E-state index in [1.54, 1.807) is 33.0 Å². The lowest BCUT2D eigenvalue weighted by Crippen LogP contribution is -2.47. The van der Waals surface area contributed by atoms with Crippen molar-refractivity contribution in [1.82, 2.24) is 33.9 Å². The summed E-state index contributed by atoms with van der Waals surface area (Å²) >= 11 is 0. The van der Waals surface area contributed by atoms with Gasteiger partial charge >= 0.3 is 0 Å². The van der Waals surface area contributed by atoms with Crippen LogP contribution in [0.1, 0.15) is 17.0 Å². The molecule has 2 fully saturated rings. The fourth-order valence-corrected chi connectivity index (χ4v) is 6.37. The summed E-state index contributed by atoms with van der Waals surface area (Å²) in [6.45, 7) is 5.58. The van der Waals surface area contributed by atoms with Crippen molar-refractivity contribution in [2.45, 2.75) is 25.0 Å². The van der Waals surface area contributed by atoms with Gasteiger partial charge in [-0.1, -0.05) is 6.08 Å². The third kappa shape index (κ3) is 5.82. The van der Waals surface area contributed by atoms with Crippen LogP contribution < -0.4 is 10.1 Å². The van der Waals surface area contributed by atoms with Gasteiger partial charge in [0, 0.05) is 83.9 Å². The predicted molar refractivity (Wildman–Crippen MR) is 175 cm³/mol. The Kier molecular flexibility index (Phi) is 8.16. The van der Waals surface area contributed by atoms with Gasteiger partial charge in [0.1, 0.15) is 23.3 Å². The molecule has 1 amide bonds. The number of anilines is 2. The number of fused-ring (bicyclic) bond motifs is 2. The third-order valence-corrected chi connectivity index (χ3v) is 9.00. The second-order valence-electron chi connectivity index (χ2n) is 12.0. The Morgan fingerprint density at radius 2 is 1.83 bits per heavy atom.